The number of benzene rings is 1. The maximum atomic E-state index is 13.2. The van der Waals surface area contributed by atoms with Crippen LogP contribution in [0.5, 0.6) is 5.75 Å². The second-order valence-corrected chi connectivity index (χ2v) is 6.73. The Labute approximate surface area is 150 Å². The lowest BCUT2D eigenvalue weighted by atomic mass is 10.3. The zero-order valence-electron chi connectivity index (χ0n) is 12.4. The lowest BCUT2D eigenvalue weighted by Gasteiger charge is -2.14. The molecule has 0 aliphatic heterocycles. The first-order valence-corrected chi connectivity index (χ1v) is 8.20. The first-order valence-electron chi connectivity index (χ1n) is 7.04. The van der Waals surface area contributed by atoms with E-state index in [2.05, 4.69) is 5.10 Å². The van der Waals surface area contributed by atoms with E-state index in [4.69, 9.17) is 40.2 Å². The molecular formula is C14H12Cl2F3N3OS. The fraction of sp³-hybridized carbons (Fsp3) is 0.429. The van der Waals surface area contributed by atoms with Crippen LogP contribution in [-0.2, 0) is 13.2 Å². The first kappa shape index (κ1) is 17.6. The molecule has 1 aromatic heterocycles. The molecule has 1 fully saturated rings. The van der Waals surface area contributed by atoms with E-state index in [-0.39, 0.29) is 20.5 Å². The highest BCUT2D eigenvalue weighted by Gasteiger charge is 2.39. The lowest BCUT2D eigenvalue weighted by Crippen LogP contribution is -2.14. The van der Waals surface area contributed by atoms with Crippen molar-refractivity contribution in [3.05, 3.63) is 32.8 Å². The molecule has 0 atom stereocenters. The first-order chi connectivity index (χ1) is 11.2. The van der Waals surface area contributed by atoms with Gasteiger partial charge in [-0.3, -0.25) is 4.57 Å². The third kappa shape index (κ3) is 3.41. The molecule has 10 heteroatoms. The molecule has 0 spiro atoms. The quantitative estimate of drug-likeness (QED) is 0.676. The summed E-state index contributed by atoms with van der Waals surface area (Å²) in [6.45, 7) is 0.509. The minimum absolute atomic E-state index is 0.00543. The van der Waals surface area contributed by atoms with E-state index in [1.165, 1.54) is 19.2 Å². The zero-order chi connectivity index (χ0) is 17.6. The van der Waals surface area contributed by atoms with Crippen molar-refractivity contribution in [2.24, 2.45) is 13.0 Å². The molecule has 0 amide bonds. The van der Waals surface area contributed by atoms with Crippen LogP contribution < -0.4 is 4.74 Å². The Morgan fingerprint density at radius 2 is 1.96 bits per heavy atom. The van der Waals surface area contributed by atoms with Gasteiger partial charge in [-0.15, -0.1) is 5.10 Å². The summed E-state index contributed by atoms with van der Waals surface area (Å²) in [5.41, 5.74) is 0.00543. The summed E-state index contributed by atoms with van der Waals surface area (Å²) in [5, 5.41) is 3.64. The number of aryl methyl sites for hydroxylation is 1. The van der Waals surface area contributed by atoms with Crippen LogP contribution in [0.3, 0.4) is 0 Å². The molecule has 0 bridgehead atoms. The van der Waals surface area contributed by atoms with Crippen LogP contribution in [-0.4, -0.2) is 21.0 Å². The normalized spacial score (nSPS) is 14.9. The van der Waals surface area contributed by atoms with Gasteiger partial charge >= 0.3 is 6.18 Å². The monoisotopic (exact) mass is 397 g/mol. The van der Waals surface area contributed by atoms with Gasteiger partial charge in [0.25, 0.3) is 0 Å². The third-order valence-corrected chi connectivity index (χ3v) is 4.64. The standard InChI is InChI=1S/C14H12Cl2F3N3OS/c1-21-13(24)22(12(20-21)14(17,18)19)10-4-9(16)11(5-8(10)15)23-6-7-2-3-7/h4-5,7H,2-3,6H2,1H3. The van der Waals surface area contributed by atoms with Crippen LogP contribution in [0.1, 0.15) is 18.7 Å². The number of alkyl halides is 3. The third-order valence-electron chi connectivity index (χ3n) is 3.59. The number of hydrogen-bond acceptors (Lipinski definition) is 3. The number of aromatic nitrogens is 3. The van der Waals surface area contributed by atoms with Crippen LogP contribution in [0.15, 0.2) is 12.1 Å². The number of hydrogen-bond donors (Lipinski definition) is 0. The summed E-state index contributed by atoms with van der Waals surface area (Å²) in [6.07, 6.45) is -2.49. The van der Waals surface area contributed by atoms with Gasteiger partial charge in [0, 0.05) is 13.1 Å². The highest BCUT2D eigenvalue weighted by Crippen LogP contribution is 2.38. The van der Waals surface area contributed by atoms with Crippen LogP contribution >= 0.6 is 35.4 Å². The second-order valence-electron chi connectivity index (χ2n) is 5.55. The van der Waals surface area contributed by atoms with E-state index in [9.17, 15) is 13.2 Å². The molecule has 1 aliphatic carbocycles. The molecule has 3 rings (SSSR count). The molecule has 0 radical (unpaired) electrons. The smallest absolute Gasteiger partial charge is 0.452 e. The topological polar surface area (TPSA) is 32.0 Å². The fourth-order valence-electron chi connectivity index (χ4n) is 2.16. The highest BCUT2D eigenvalue weighted by molar-refractivity contribution is 7.71. The maximum absolute atomic E-state index is 13.2. The van der Waals surface area contributed by atoms with E-state index in [0.29, 0.717) is 18.3 Å². The predicted octanol–water partition coefficient (Wildman–Crippen LogP) is 5.05. The van der Waals surface area contributed by atoms with Gasteiger partial charge in [-0.1, -0.05) is 23.2 Å². The molecule has 24 heavy (non-hydrogen) atoms. The van der Waals surface area contributed by atoms with E-state index < -0.39 is 12.0 Å². The van der Waals surface area contributed by atoms with Crippen LogP contribution in [0.25, 0.3) is 5.69 Å². The Hall–Kier alpha value is -1.25. The van der Waals surface area contributed by atoms with Gasteiger partial charge in [0.15, 0.2) is 0 Å². The SMILES string of the molecule is Cn1nc(C(F)(F)F)n(-c2cc(Cl)c(OCC3CC3)cc2Cl)c1=S. The Morgan fingerprint density at radius 3 is 2.54 bits per heavy atom. The Balaban J connectivity index is 2.07. The van der Waals surface area contributed by atoms with Gasteiger partial charge < -0.3 is 4.74 Å². The molecule has 0 N–H and O–H groups in total. The fourth-order valence-corrected chi connectivity index (χ4v) is 2.83. The summed E-state index contributed by atoms with van der Waals surface area (Å²) < 4.78 is 46.8. The summed E-state index contributed by atoms with van der Waals surface area (Å²) >= 11 is 17.3. The molecule has 1 saturated carbocycles. The second kappa shape index (κ2) is 6.24. The van der Waals surface area contributed by atoms with Crippen LogP contribution in [0.4, 0.5) is 13.2 Å². The van der Waals surface area contributed by atoms with Gasteiger partial charge in [-0.05, 0) is 37.0 Å². The van der Waals surface area contributed by atoms with Crippen molar-refractivity contribution in [1.29, 1.82) is 0 Å². The van der Waals surface area contributed by atoms with Gasteiger partial charge in [-0.25, -0.2) is 4.68 Å². The Kier molecular flexibility index (Phi) is 4.57. The van der Waals surface area contributed by atoms with Crippen molar-refractivity contribution < 1.29 is 17.9 Å². The molecule has 1 heterocycles. The van der Waals surface area contributed by atoms with Gasteiger partial charge in [0.1, 0.15) is 5.75 Å². The molecule has 1 aromatic carbocycles. The highest BCUT2D eigenvalue weighted by atomic mass is 35.5. The molecular weight excluding hydrogens is 386 g/mol. The minimum Gasteiger partial charge on any atom is -0.492 e. The predicted molar refractivity (Wildman–Crippen MR) is 86.6 cm³/mol. The zero-order valence-corrected chi connectivity index (χ0v) is 14.7. The van der Waals surface area contributed by atoms with Gasteiger partial charge in [0.2, 0.25) is 10.6 Å². The average Bonchev–Trinajstić information content (AvgIpc) is 3.26. The molecule has 0 saturated heterocycles. The summed E-state index contributed by atoms with van der Waals surface area (Å²) in [4.78, 5) is 0. The van der Waals surface area contributed by atoms with E-state index in [0.717, 1.165) is 22.1 Å². The van der Waals surface area contributed by atoms with Crippen molar-refractivity contribution in [3.63, 3.8) is 0 Å². The number of nitrogens with zero attached hydrogens (tertiary/aromatic N) is 3. The van der Waals surface area contributed by atoms with E-state index in [1.54, 1.807) is 0 Å². The maximum Gasteiger partial charge on any atom is 0.452 e. The molecule has 1 aliphatic rings. The summed E-state index contributed by atoms with van der Waals surface area (Å²) in [5.74, 6) is -0.329. The summed E-state index contributed by atoms with van der Waals surface area (Å²) in [7, 11) is 1.33. The van der Waals surface area contributed by atoms with Crippen molar-refractivity contribution in [3.8, 4) is 11.4 Å². The number of ether oxygens (including phenoxy) is 1. The van der Waals surface area contributed by atoms with Gasteiger partial charge in [0.05, 0.1) is 22.3 Å². The Morgan fingerprint density at radius 1 is 1.29 bits per heavy atom. The van der Waals surface area contributed by atoms with E-state index in [1.807, 2.05) is 0 Å². The van der Waals surface area contributed by atoms with Crippen molar-refractivity contribution in [2.75, 3.05) is 6.61 Å². The van der Waals surface area contributed by atoms with Crippen LogP contribution in [0.2, 0.25) is 10.0 Å². The molecule has 2 aromatic rings. The minimum atomic E-state index is -4.69. The van der Waals surface area contributed by atoms with Crippen molar-refractivity contribution in [1.82, 2.24) is 14.3 Å². The van der Waals surface area contributed by atoms with Gasteiger partial charge in [-0.2, -0.15) is 13.2 Å². The number of rotatable bonds is 4. The Bertz CT molecular complexity index is 843. The molecule has 130 valence electrons. The number of halogens is 5. The van der Waals surface area contributed by atoms with E-state index >= 15 is 0 Å². The summed E-state index contributed by atoms with van der Waals surface area (Å²) in [6, 6.07) is 2.70. The lowest BCUT2D eigenvalue weighted by molar-refractivity contribution is -0.146. The molecule has 0 unspecified atom stereocenters. The average molecular weight is 398 g/mol. The molecule has 4 nitrogen and oxygen atoms in total. The largest absolute Gasteiger partial charge is 0.492 e. The van der Waals surface area contributed by atoms with Crippen molar-refractivity contribution >= 4 is 35.4 Å². The van der Waals surface area contributed by atoms with Crippen molar-refractivity contribution in [2.45, 2.75) is 19.0 Å². The van der Waals surface area contributed by atoms with Crippen LogP contribution in [0, 0.1) is 10.7 Å².